The molecule has 0 amide bonds. The highest BCUT2D eigenvalue weighted by Gasteiger charge is 2.19. The Hall–Kier alpha value is -1.12. The third kappa shape index (κ3) is 5.03. The standard InChI is InChI=1S/C16H23NO/c1-2-3-4-10-18-13-15-7-5-6-14(11-15)12-17-16-8-9-16/h2,5-7,11,16-17H,1,3-4,8-10,12-13H2. The average Bonchev–Trinajstić information content (AvgIpc) is 3.21. The van der Waals surface area contributed by atoms with Gasteiger partial charge >= 0.3 is 0 Å². The van der Waals surface area contributed by atoms with E-state index in [4.69, 9.17) is 4.74 Å². The number of hydrogen-bond donors (Lipinski definition) is 1. The van der Waals surface area contributed by atoms with Gasteiger partial charge in [0.25, 0.3) is 0 Å². The first-order valence-electron chi connectivity index (χ1n) is 6.88. The van der Waals surface area contributed by atoms with Crippen LogP contribution in [0.1, 0.15) is 36.8 Å². The van der Waals surface area contributed by atoms with Gasteiger partial charge in [0, 0.05) is 19.2 Å². The SMILES string of the molecule is C=CCCCOCc1cccc(CNC2CC2)c1. The second-order valence-electron chi connectivity index (χ2n) is 4.96. The van der Waals surface area contributed by atoms with E-state index in [0.717, 1.165) is 32.0 Å². The van der Waals surface area contributed by atoms with E-state index in [-0.39, 0.29) is 0 Å². The molecule has 0 spiro atoms. The van der Waals surface area contributed by atoms with Crippen LogP contribution in [0.3, 0.4) is 0 Å². The van der Waals surface area contributed by atoms with Crippen molar-refractivity contribution in [2.45, 2.75) is 44.9 Å². The lowest BCUT2D eigenvalue weighted by molar-refractivity contribution is 0.119. The second-order valence-corrected chi connectivity index (χ2v) is 4.96. The summed E-state index contributed by atoms with van der Waals surface area (Å²) in [6.45, 7) is 6.22. The molecule has 2 heteroatoms. The van der Waals surface area contributed by atoms with Gasteiger partial charge in [-0.3, -0.25) is 0 Å². The van der Waals surface area contributed by atoms with Crippen LogP contribution in [-0.4, -0.2) is 12.6 Å². The molecule has 0 radical (unpaired) electrons. The first-order chi connectivity index (χ1) is 8.88. The third-order valence-electron chi connectivity index (χ3n) is 3.13. The summed E-state index contributed by atoms with van der Waals surface area (Å²) in [6.07, 6.45) is 6.71. The molecular weight excluding hydrogens is 222 g/mol. The van der Waals surface area contributed by atoms with Crippen LogP contribution in [0.25, 0.3) is 0 Å². The molecule has 1 N–H and O–H groups in total. The van der Waals surface area contributed by atoms with E-state index in [1.807, 2.05) is 6.08 Å². The zero-order chi connectivity index (χ0) is 12.6. The van der Waals surface area contributed by atoms with Crippen LogP contribution in [0, 0.1) is 0 Å². The van der Waals surface area contributed by atoms with Crippen LogP contribution in [0.5, 0.6) is 0 Å². The van der Waals surface area contributed by atoms with Crippen molar-refractivity contribution < 1.29 is 4.74 Å². The Bertz CT molecular complexity index is 371. The van der Waals surface area contributed by atoms with Gasteiger partial charge in [0.05, 0.1) is 6.61 Å². The Morgan fingerprint density at radius 2 is 2.17 bits per heavy atom. The molecule has 0 atom stereocenters. The molecule has 18 heavy (non-hydrogen) atoms. The maximum absolute atomic E-state index is 5.65. The zero-order valence-corrected chi connectivity index (χ0v) is 11.0. The molecule has 1 aliphatic carbocycles. The lowest BCUT2D eigenvalue weighted by Crippen LogP contribution is -2.15. The molecule has 2 nitrogen and oxygen atoms in total. The van der Waals surface area contributed by atoms with Crippen molar-refractivity contribution in [3.63, 3.8) is 0 Å². The van der Waals surface area contributed by atoms with Gasteiger partial charge in [0.2, 0.25) is 0 Å². The first-order valence-corrected chi connectivity index (χ1v) is 6.88. The second kappa shape index (κ2) is 7.34. The van der Waals surface area contributed by atoms with Gasteiger partial charge in [-0.05, 0) is 36.8 Å². The van der Waals surface area contributed by atoms with Crippen LogP contribution in [-0.2, 0) is 17.9 Å². The molecule has 0 saturated heterocycles. The minimum atomic E-state index is 0.717. The number of unbranched alkanes of at least 4 members (excludes halogenated alkanes) is 1. The van der Waals surface area contributed by atoms with Crippen molar-refractivity contribution in [3.05, 3.63) is 48.0 Å². The summed E-state index contributed by atoms with van der Waals surface area (Å²) in [6, 6.07) is 9.43. The quantitative estimate of drug-likeness (QED) is 0.531. The summed E-state index contributed by atoms with van der Waals surface area (Å²) in [5, 5.41) is 3.53. The van der Waals surface area contributed by atoms with Crippen LogP contribution in [0.4, 0.5) is 0 Å². The molecule has 0 bridgehead atoms. The molecule has 98 valence electrons. The third-order valence-corrected chi connectivity index (χ3v) is 3.13. The zero-order valence-electron chi connectivity index (χ0n) is 11.0. The van der Waals surface area contributed by atoms with Crippen molar-refractivity contribution in [2.75, 3.05) is 6.61 Å². The van der Waals surface area contributed by atoms with E-state index in [0.29, 0.717) is 6.61 Å². The Morgan fingerprint density at radius 1 is 1.33 bits per heavy atom. The minimum Gasteiger partial charge on any atom is -0.377 e. The molecule has 0 aliphatic heterocycles. The monoisotopic (exact) mass is 245 g/mol. The Kier molecular flexibility index (Phi) is 5.43. The van der Waals surface area contributed by atoms with Crippen molar-refractivity contribution in [3.8, 4) is 0 Å². The Morgan fingerprint density at radius 3 is 2.94 bits per heavy atom. The molecule has 1 fully saturated rings. The maximum atomic E-state index is 5.65. The highest BCUT2D eigenvalue weighted by molar-refractivity contribution is 5.23. The maximum Gasteiger partial charge on any atom is 0.0716 e. The molecule has 0 heterocycles. The lowest BCUT2D eigenvalue weighted by Gasteiger charge is -2.07. The van der Waals surface area contributed by atoms with Gasteiger partial charge in [-0.2, -0.15) is 0 Å². The summed E-state index contributed by atoms with van der Waals surface area (Å²) >= 11 is 0. The number of hydrogen-bond acceptors (Lipinski definition) is 2. The van der Waals surface area contributed by atoms with Gasteiger partial charge in [0.1, 0.15) is 0 Å². The first kappa shape index (κ1) is 13.3. The predicted molar refractivity (Wildman–Crippen MR) is 75.4 cm³/mol. The summed E-state index contributed by atoms with van der Waals surface area (Å²) in [5.41, 5.74) is 2.62. The molecule has 2 rings (SSSR count). The van der Waals surface area contributed by atoms with Gasteiger partial charge in [-0.1, -0.05) is 30.3 Å². The van der Waals surface area contributed by atoms with Crippen molar-refractivity contribution in [1.82, 2.24) is 5.32 Å². The number of ether oxygens (including phenoxy) is 1. The number of nitrogens with one attached hydrogen (secondary N) is 1. The molecular formula is C16H23NO. The summed E-state index contributed by atoms with van der Waals surface area (Å²) in [7, 11) is 0. The molecule has 0 unspecified atom stereocenters. The highest BCUT2D eigenvalue weighted by Crippen LogP contribution is 2.19. The summed E-state index contributed by atoms with van der Waals surface area (Å²) < 4.78 is 5.65. The van der Waals surface area contributed by atoms with Gasteiger partial charge < -0.3 is 10.1 Å². The smallest absolute Gasteiger partial charge is 0.0716 e. The van der Waals surface area contributed by atoms with E-state index in [1.54, 1.807) is 0 Å². The van der Waals surface area contributed by atoms with Crippen LogP contribution >= 0.6 is 0 Å². The van der Waals surface area contributed by atoms with E-state index in [1.165, 1.54) is 24.0 Å². The molecule has 1 saturated carbocycles. The van der Waals surface area contributed by atoms with E-state index in [2.05, 4.69) is 36.2 Å². The highest BCUT2D eigenvalue weighted by atomic mass is 16.5. The lowest BCUT2D eigenvalue weighted by atomic mass is 10.1. The Balaban J connectivity index is 1.70. The summed E-state index contributed by atoms with van der Waals surface area (Å²) in [4.78, 5) is 0. The molecule has 1 aromatic rings. The number of allylic oxidation sites excluding steroid dienone is 1. The Labute approximate surface area is 110 Å². The topological polar surface area (TPSA) is 21.3 Å². The van der Waals surface area contributed by atoms with Crippen molar-refractivity contribution in [2.24, 2.45) is 0 Å². The van der Waals surface area contributed by atoms with Crippen molar-refractivity contribution in [1.29, 1.82) is 0 Å². The molecule has 1 aliphatic rings. The van der Waals surface area contributed by atoms with Gasteiger partial charge in [0.15, 0.2) is 0 Å². The van der Waals surface area contributed by atoms with Crippen molar-refractivity contribution >= 4 is 0 Å². The van der Waals surface area contributed by atoms with Crippen LogP contribution < -0.4 is 5.32 Å². The average molecular weight is 245 g/mol. The summed E-state index contributed by atoms with van der Waals surface area (Å²) in [5.74, 6) is 0. The number of benzene rings is 1. The van der Waals surface area contributed by atoms with Gasteiger partial charge in [-0.15, -0.1) is 6.58 Å². The largest absolute Gasteiger partial charge is 0.377 e. The molecule has 1 aromatic carbocycles. The van der Waals surface area contributed by atoms with E-state index < -0.39 is 0 Å². The number of rotatable bonds is 9. The predicted octanol–water partition coefficient (Wildman–Crippen LogP) is 3.42. The fraction of sp³-hybridized carbons (Fsp3) is 0.500. The van der Waals surface area contributed by atoms with Crippen LogP contribution in [0.15, 0.2) is 36.9 Å². The van der Waals surface area contributed by atoms with Crippen LogP contribution in [0.2, 0.25) is 0 Å². The fourth-order valence-electron chi connectivity index (χ4n) is 1.90. The van der Waals surface area contributed by atoms with E-state index >= 15 is 0 Å². The fourth-order valence-corrected chi connectivity index (χ4v) is 1.90. The minimum absolute atomic E-state index is 0.717. The molecule has 0 aromatic heterocycles. The van der Waals surface area contributed by atoms with Gasteiger partial charge in [-0.25, -0.2) is 0 Å². The van der Waals surface area contributed by atoms with E-state index in [9.17, 15) is 0 Å². The normalized spacial score (nSPS) is 14.7.